The summed E-state index contributed by atoms with van der Waals surface area (Å²) in [6.07, 6.45) is 1.70. The number of carbonyl (C=O) groups is 3. The van der Waals surface area contributed by atoms with E-state index in [4.69, 9.17) is 4.74 Å². The van der Waals surface area contributed by atoms with Gasteiger partial charge in [0.15, 0.2) is 0 Å². The Morgan fingerprint density at radius 2 is 1.79 bits per heavy atom. The van der Waals surface area contributed by atoms with Crippen LogP contribution in [0.2, 0.25) is 0 Å². The highest BCUT2D eigenvalue weighted by Gasteiger charge is 2.34. The number of nitrogens with one attached hydrogen (secondary N) is 1. The molecule has 2 aromatic carbocycles. The third kappa shape index (κ3) is 3.27. The van der Waals surface area contributed by atoms with Gasteiger partial charge >= 0.3 is 11.9 Å². The minimum Gasteiger partial charge on any atom is -0.478 e. The van der Waals surface area contributed by atoms with Crippen LogP contribution in [0.4, 0.5) is 5.69 Å². The van der Waals surface area contributed by atoms with Crippen molar-refractivity contribution in [2.24, 2.45) is 0 Å². The van der Waals surface area contributed by atoms with Gasteiger partial charge in [-0.15, -0.1) is 0 Å². The lowest BCUT2D eigenvalue weighted by molar-refractivity contribution is -0.116. The predicted octanol–water partition coefficient (Wildman–Crippen LogP) is 3.44. The number of nitrogens with zero attached hydrogens (tertiary/aromatic N) is 1. The second kappa shape index (κ2) is 7.27. The van der Waals surface area contributed by atoms with E-state index in [2.05, 4.69) is 5.32 Å². The molecule has 0 saturated carbocycles. The standard InChI is InChI=1S/C22H18N2O5/c1-29-22(28)14-9-7-13(8-10-14)16-11-18(25)23-19-17(21(26)27)12-24(20(16)19)15-5-3-2-4-6-15/h2-10,12,16H,11H2,1H3,(H,23,25)(H,26,27)/t16-/m1/s1. The Hall–Kier alpha value is -3.87. The van der Waals surface area contributed by atoms with Crippen LogP contribution in [0.1, 0.15) is 44.3 Å². The molecule has 1 amide bonds. The first-order valence-corrected chi connectivity index (χ1v) is 9.01. The molecule has 0 aliphatic carbocycles. The zero-order valence-corrected chi connectivity index (χ0v) is 15.6. The lowest BCUT2D eigenvalue weighted by Crippen LogP contribution is -2.25. The van der Waals surface area contributed by atoms with E-state index in [0.29, 0.717) is 16.9 Å². The maximum Gasteiger partial charge on any atom is 0.339 e. The molecule has 7 nitrogen and oxygen atoms in total. The molecule has 0 saturated heterocycles. The van der Waals surface area contributed by atoms with Gasteiger partial charge in [0, 0.05) is 24.2 Å². The number of rotatable bonds is 4. The van der Waals surface area contributed by atoms with Crippen molar-refractivity contribution in [1.29, 1.82) is 0 Å². The lowest BCUT2D eigenvalue weighted by Gasteiger charge is -2.26. The number of hydrogen-bond donors (Lipinski definition) is 2. The Bertz CT molecular complexity index is 1100. The summed E-state index contributed by atoms with van der Waals surface area (Å²) in [5.41, 5.74) is 3.04. The Morgan fingerprint density at radius 3 is 2.41 bits per heavy atom. The fourth-order valence-electron chi connectivity index (χ4n) is 3.68. The molecule has 0 spiro atoms. The van der Waals surface area contributed by atoms with Crippen molar-refractivity contribution in [2.45, 2.75) is 12.3 Å². The summed E-state index contributed by atoms with van der Waals surface area (Å²) in [5.74, 6) is -2.18. The number of carboxylic acids is 1. The molecule has 2 heterocycles. The number of aromatic carboxylic acids is 1. The predicted molar refractivity (Wildman–Crippen MR) is 106 cm³/mol. The first-order chi connectivity index (χ1) is 14.0. The molecule has 3 aromatic rings. The molecule has 0 unspecified atom stereocenters. The average molecular weight is 390 g/mol. The van der Waals surface area contributed by atoms with Gasteiger partial charge in [0.1, 0.15) is 5.56 Å². The molecular weight excluding hydrogens is 372 g/mol. The molecule has 1 aromatic heterocycles. The van der Waals surface area contributed by atoms with E-state index >= 15 is 0 Å². The highest BCUT2D eigenvalue weighted by molar-refractivity contribution is 6.04. The summed E-state index contributed by atoms with van der Waals surface area (Å²) in [6.45, 7) is 0. The molecule has 7 heteroatoms. The van der Waals surface area contributed by atoms with Crippen LogP contribution in [0, 0.1) is 0 Å². The SMILES string of the molecule is COC(=O)c1ccc([C@H]2CC(=O)Nc3c(C(=O)O)cn(-c4ccccc4)c32)cc1. The fourth-order valence-corrected chi connectivity index (χ4v) is 3.68. The van der Waals surface area contributed by atoms with Gasteiger partial charge in [-0.05, 0) is 29.8 Å². The topological polar surface area (TPSA) is 97.6 Å². The second-order valence-electron chi connectivity index (χ2n) is 6.73. The van der Waals surface area contributed by atoms with Crippen LogP contribution >= 0.6 is 0 Å². The van der Waals surface area contributed by atoms with Crippen LogP contribution in [-0.4, -0.2) is 34.6 Å². The smallest absolute Gasteiger partial charge is 0.339 e. The number of carbonyl (C=O) groups excluding carboxylic acids is 2. The van der Waals surface area contributed by atoms with Gasteiger partial charge in [-0.1, -0.05) is 30.3 Å². The van der Waals surface area contributed by atoms with Crippen molar-refractivity contribution in [2.75, 3.05) is 12.4 Å². The molecule has 146 valence electrons. The molecule has 0 fully saturated rings. The average Bonchev–Trinajstić information content (AvgIpc) is 3.13. The first-order valence-electron chi connectivity index (χ1n) is 9.01. The number of amides is 1. The van der Waals surface area contributed by atoms with Gasteiger partial charge in [0.2, 0.25) is 5.91 Å². The fraction of sp³-hybridized carbons (Fsp3) is 0.136. The maximum atomic E-state index is 12.4. The Labute approximate surface area is 166 Å². The van der Waals surface area contributed by atoms with Crippen molar-refractivity contribution < 1.29 is 24.2 Å². The van der Waals surface area contributed by atoms with Gasteiger partial charge in [-0.2, -0.15) is 0 Å². The van der Waals surface area contributed by atoms with Crippen molar-refractivity contribution in [3.63, 3.8) is 0 Å². The minimum atomic E-state index is -1.11. The third-order valence-corrected chi connectivity index (χ3v) is 5.03. The molecule has 1 atom stereocenters. The number of methoxy groups -OCH3 is 1. The van der Waals surface area contributed by atoms with E-state index in [9.17, 15) is 19.5 Å². The molecule has 0 radical (unpaired) electrons. The molecule has 0 bridgehead atoms. The van der Waals surface area contributed by atoms with Crippen LogP contribution in [0.25, 0.3) is 5.69 Å². The summed E-state index contributed by atoms with van der Waals surface area (Å²) in [4.78, 5) is 35.9. The summed E-state index contributed by atoms with van der Waals surface area (Å²) >= 11 is 0. The molecule has 1 aliphatic heterocycles. The number of benzene rings is 2. The Balaban J connectivity index is 1.88. The zero-order valence-electron chi connectivity index (χ0n) is 15.6. The van der Waals surface area contributed by atoms with Crippen LogP contribution in [0.15, 0.2) is 60.8 Å². The van der Waals surface area contributed by atoms with Crippen LogP contribution in [0.3, 0.4) is 0 Å². The van der Waals surface area contributed by atoms with Crippen LogP contribution in [-0.2, 0) is 9.53 Å². The number of ether oxygens (including phenoxy) is 1. The van der Waals surface area contributed by atoms with Gasteiger partial charge in [0.25, 0.3) is 0 Å². The molecule has 1 aliphatic rings. The van der Waals surface area contributed by atoms with Gasteiger partial charge in [0.05, 0.1) is 24.1 Å². The van der Waals surface area contributed by atoms with E-state index in [1.54, 1.807) is 28.8 Å². The Kier molecular flexibility index (Phi) is 4.64. The number of esters is 1. The Morgan fingerprint density at radius 1 is 1.10 bits per heavy atom. The first kappa shape index (κ1) is 18.5. The summed E-state index contributed by atoms with van der Waals surface area (Å²) in [7, 11) is 1.31. The van der Waals surface area contributed by atoms with E-state index in [1.165, 1.54) is 13.3 Å². The molecule has 4 rings (SSSR count). The largest absolute Gasteiger partial charge is 0.478 e. The quantitative estimate of drug-likeness (QED) is 0.665. The number of carboxylic acid groups (broad SMARTS) is 1. The maximum absolute atomic E-state index is 12.4. The van der Waals surface area contributed by atoms with E-state index in [1.807, 2.05) is 30.3 Å². The number of aromatic nitrogens is 1. The zero-order chi connectivity index (χ0) is 20.5. The second-order valence-corrected chi connectivity index (χ2v) is 6.73. The summed E-state index contributed by atoms with van der Waals surface area (Å²) in [5, 5.41) is 12.4. The van der Waals surface area contributed by atoms with Crippen molar-refractivity contribution in [3.05, 3.63) is 83.2 Å². The van der Waals surface area contributed by atoms with Crippen molar-refractivity contribution in [3.8, 4) is 5.69 Å². The highest BCUT2D eigenvalue weighted by Crippen LogP contribution is 2.41. The highest BCUT2D eigenvalue weighted by atomic mass is 16.5. The van der Waals surface area contributed by atoms with E-state index in [0.717, 1.165) is 11.3 Å². The molecule has 2 N–H and O–H groups in total. The lowest BCUT2D eigenvalue weighted by atomic mass is 9.87. The van der Waals surface area contributed by atoms with Gasteiger partial charge in [-0.3, -0.25) is 4.79 Å². The normalized spacial score (nSPS) is 15.3. The van der Waals surface area contributed by atoms with Crippen molar-refractivity contribution in [1.82, 2.24) is 4.57 Å². The number of fused-ring (bicyclic) bond motifs is 1. The third-order valence-electron chi connectivity index (χ3n) is 5.03. The van der Waals surface area contributed by atoms with E-state index < -0.39 is 11.9 Å². The van der Waals surface area contributed by atoms with Gasteiger partial charge in [-0.25, -0.2) is 9.59 Å². The summed E-state index contributed by atoms with van der Waals surface area (Å²) in [6, 6.07) is 16.2. The number of hydrogen-bond acceptors (Lipinski definition) is 4. The molecular formula is C22H18N2O5. The van der Waals surface area contributed by atoms with Crippen molar-refractivity contribution >= 4 is 23.5 Å². The van der Waals surface area contributed by atoms with Crippen LogP contribution < -0.4 is 5.32 Å². The number of anilines is 1. The van der Waals surface area contributed by atoms with Crippen LogP contribution in [0.5, 0.6) is 0 Å². The molecule has 29 heavy (non-hydrogen) atoms. The number of para-hydroxylation sites is 1. The monoisotopic (exact) mass is 390 g/mol. The van der Waals surface area contributed by atoms with Gasteiger partial charge < -0.3 is 19.7 Å². The minimum absolute atomic E-state index is 0.0353. The van der Waals surface area contributed by atoms with E-state index in [-0.39, 0.29) is 23.8 Å². The summed E-state index contributed by atoms with van der Waals surface area (Å²) < 4.78 is 6.53.